The Morgan fingerprint density at radius 1 is 1.05 bits per heavy atom. The molecule has 1 radical (unpaired) electrons. The van der Waals surface area contributed by atoms with Crippen molar-refractivity contribution >= 4 is 0 Å². The van der Waals surface area contributed by atoms with Crippen LogP contribution < -0.4 is 0 Å². The van der Waals surface area contributed by atoms with Crippen molar-refractivity contribution in [3.05, 3.63) is 78.2 Å². The number of imidazole rings is 2. The lowest BCUT2D eigenvalue weighted by Crippen LogP contribution is -2.17. The van der Waals surface area contributed by atoms with Crippen LogP contribution in [0.2, 0.25) is 0 Å². The Labute approximate surface area is 124 Å². The zero-order valence-electron chi connectivity index (χ0n) is 12.1. The molecule has 0 aliphatic rings. The summed E-state index contributed by atoms with van der Waals surface area (Å²) in [6, 6.07) is 10.5. The van der Waals surface area contributed by atoms with Gasteiger partial charge in [-0.25, -0.2) is 9.97 Å². The summed E-state index contributed by atoms with van der Waals surface area (Å²) in [6.45, 7) is 2.18. The van der Waals surface area contributed by atoms with Gasteiger partial charge in [-0.1, -0.05) is 37.3 Å². The molecule has 2 heterocycles. The number of hydrogen-bond donors (Lipinski definition) is 2. The monoisotopic (exact) mass is 279 g/mol. The van der Waals surface area contributed by atoms with Gasteiger partial charge in [-0.3, -0.25) is 0 Å². The van der Waals surface area contributed by atoms with Crippen LogP contribution in [0.3, 0.4) is 0 Å². The van der Waals surface area contributed by atoms with Gasteiger partial charge in [0.2, 0.25) is 0 Å². The molecule has 1 atom stereocenters. The highest BCUT2D eigenvalue weighted by molar-refractivity contribution is 5.31. The minimum absolute atomic E-state index is 0.242. The topological polar surface area (TPSA) is 57.4 Å². The third kappa shape index (κ3) is 3.05. The van der Waals surface area contributed by atoms with Crippen LogP contribution in [0.25, 0.3) is 0 Å². The number of nitrogens with zero attached hydrogens (tertiary/aromatic N) is 2. The summed E-state index contributed by atoms with van der Waals surface area (Å²) in [5, 5.41) is 0. The largest absolute Gasteiger partial charge is 0.348 e. The third-order valence-corrected chi connectivity index (χ3v) is 3.72. The zero-order chi connectivity index (χ0) is 14.5. The van der Waals surface area contributed by atoms with Crippen molar-refractivity contribution in [3.63, 3.8) is 0 Å². The van der Waals surface area contributed by atoms with E-state index in [1.54, 1.807) is 12.4 Å². The van der Waals surface area contributed by atoms with E-state index in [0.29, 0.717) is 0 Å². The smallest absolute Gasteiger partial charge is 0.114 e. The molecule has 3 rings (SSSR count). The van der Waals surface area contributed by atoms with Gasteiger partial charge in [0.25, 0.3) is 0 Å². The lowest BCUT2D eigenvalue weighted by atomic mass is 9.84. The first kappa shape index (κ1) is 13.6. The fraction of sp³-hybridized carbons (Fsp3) is 0.235. The number of aromatic amines is 2. The second-order valence-corrected chi connectivity index (χ2v) is 5.06. The van der Waals surface area contributed by atoms with E-state index in [-0.39, 0.29) is 5.92 Å². The molecule has 0 fully saturated rings. The molecule has 2 N–H and O–H groups in total. The molecule has 2 aromatic heterocycles. The van der Waals surface area contributed by atoms with Crippen LogP contribution in [0.1, 0.15) is 36.5 Å². The number of hydrogen-bond acceptors (Lipinski definition) is 2. The summed E-state index contributed by atoms with van der Waals surface area (Å²) in [6.07, 6.45) is 9.20. The van der Waals surface area contributed by atoms with Crippen LogP contribution >= 0.6 is 0 Å². The van der Waals surface area contributed by atoms with E-state index in [2.05, 4.69) is 51.1 Å². The van der Waals surface area contributed by atoms with Gasteiger partial charge in [-0.05, 0) is 18.4 Å². The van der Waals surface area contributed by atoms with E-state index in [9.17, 15) is 0 Å². The molecule has 0 saturated carbocycles. The van der Waals surface area contributed by atoms with Crippen LogP contribution in [0.15, 0.2) is 55.1 Å². The number of nitrogens with one attached hydrogen (secondary N) is 2. The van der Waals surface area contributed by atoms with Gasteiger partial charge in [0, 0.05) is 30.7 Å². The molecule has 1 unspecified atom stereocenters. The molecule has 4 heteroatoms. The minimum Gasteiger partial charge on any atom is -0.348 e. The van der Waals surface area contributed by atoms with E-state index in [0.717, 1.165) is 24.5 Å². The van der Waals surface area contributed by atoms with Gasteiger partial charge in [-0.2, -0.15) is 0 Å². The Bertz CT molecular complexity index is 629. The molecule has 0 spiro atoms. The van der Waals surface area contributed by atoms with Crippen molar-refractivity contribution in [2.24, 2.45) is 0 Å². The lowest BCUT2D eigenvalue weighted by molar-refractivity contribution is 0.620. The number of rotatable bonds is 6. The molecular formula is C17H19N4. The Morgan fingerprint density at radius 3 is 2.43 bits per heavy atom. The Balaban J connectivity index is 1.92. The molecular weight excluding hydrogens is 260 g/mol. The van der Waals surface area contributed by atoms with E-state index in [1.165, 1.54) is 11.5 Å². The predicted molar refractivity (Wildman–Crippen MR) is 82.7 cm³/mol. The van der Waals surface area contributed by atoms with Crippen LogP contribution in [-0.2, 0) is 6.42 Å². The van der Waals surface area contributed by atoms with Crippen LogP contribution in [0.5, 0.6) is 0 Å². The second-order valence-electron chi connectivity index (χ2n) is 5.06. The molecule has 0 aliphatic heterocycles. The summed E-state index contributed by atoms with van der Waals surface area (Å²) in [7, 11) is 0. The number of aromatic nitrogens is 4. The maximum absolute atomic E-state index is 4.46. The molecule has 0 bridgehead atoms. The summed E-state index contributed by atoms with van der Waals surface area (Å²) in [4.78, 5) is 15.4. The van der Waals surface area contributed by atoms with Crippen LogP contribution in [0, 0.1) is 5.92 Å². The third-order valence-electron chi connectivity index (χ3n) is 3.72. The predicted octanol–water partition coefficient (Wildman–Crippen LogP) is 3.49. The van der Waals surface area contributed by atoms with Gasteiger partial charge < -0.3 is 9.97 Å². The van der Waals surface area contributed by atoms with Crippen molar-refractivity contribution in [1.82, 2.24) is 19.9 Å². The van der Waals surface area contributed by atoms with Crippen molar-refractivity contribution in [2.45, 2.75) is 25.7 Å². The fourth-order valence-corrected chi connectivity index (χ4v) is 2.70. The summed E-state index contributed by atoms with van der Waals surface area (Å²) < 4.78 is 0. The summed E-state index contributed by atoms with van der Waals surface area (Å²) in [5.74, 6) is 3.46. The minimum atomic E-state index is 0.242. The molecule has 21 heavy (non-hydrogen) atoms. The first-order chi connectivity index (χ1) is 10.4. The van der Waals surface area contributed by atoms with Crippen molar-refractivity contribution in [1.29, 1.82) is 0 Å². The van der Waals surface area contributed by atoms with Gasteiger partial charge >= 0.3 is 0 Å². The number of H-pyrrole nitrogens is 2. The fourth-order valence-electron chi connectivity index (χ4n) is 2.70. The molecule has 0 amide bonds. The second kappa shape index (κ2) is 6.39. The average Bonchev–Trinajstić information content (AvgIpc) is 3.22. The normalized spacial score (nSPS) is 12.7. The standard InChI is InChI=1S/C17H19N4/c1-2-14(16-18-8-9-19-16)15(17-20-10-11-21-17)12-13-6-4-3-5-7-13/h3-11,14H,2,12H2,1H3,(H,18,19)(H,20,21). The molecule has 4 nitrogen and oxygen atoms in total. The first-order valence-corrected chi connectivity index (χ1v) is 7.27. The van der Waals surface area contributed by atoms with E-state index in [1.807, 2.05) is 18.5 Å². The highest BCUT2D eigenvalue weighted by Gasteiger charge is 2.28. The summed E-state index contributed by atoms with van der Waals surface area (Å²) in [5.41, 5.74) is 1.29. The SMILES string of the molecule is CCC([C](Cc1ccccc1)c1ncc[nH]1)c1ncc[nH]1. The van der Waals surface area contributed by atoms with Crippen molar-refractivity contribution in [3.8, 4) is 0 Å². The van der Waals surface area contributed by atoms with Gasteiger partial charge in [-0.15, -0.1) is 0 Å². The maximum Gasteiger partial charge on any atom is 0.114 e. The van der Waals surface area contributed by atoms with Crippen LogP contribution in [-0.4, -0.2) is 19.9 Å². The molecule has 0 aliphatic carbocycles. The van der Waals surface area contributed by atoms with Gasteiger partial charge in [0.05, 0.1) is 5.92 Å². The quantitative estimate of drug-likeness (QED) is 0.725. The van der Waals surface area contributed by atoms with Crippen molar-refractivity contribution in [2.75, 3.05) is 0 Å². The molecule has 1 aromatic carbocycles. The summed E-state index contributed by atoms with van der Waals surface area (Å²) >= 11 is 0. The van der Waals surface area contributed by atoms with Crippen LogP contribution in [0.4, 0.5) is 0 Å². The Morgan fingerprint density at radius 2 is 1.81 bits per heavy atom. The molecule has 0 saturated heterocycles. The Hall–Kier alpha value is -2.36. The molecule has 3 aromatic rings. The van der Waals surface area contributed by atoms with Gasteiger partial charge in [0.1, 0.15) is 11.6 Å². The lowest BCUT2D eigenvalue weighted by Gasteiger charge is -2.22. The van der Waals surface area contributed by atoms with Crippen molar-refractivity contribution < 1.29 is 0 Å². The zero-order valence-corrected chi connectivity index (χ0v) is 12.1. The first-order valence-electron chi connectivity index (χ1n) is 7.27. The van der Waals surface area contributed by atoms with E-state index < -0.39 is 0 Å². The molecule has 107 valence electrons. The number of benzene rings is 1. The maximum atomic E-state index is 4.46. The van der Waals surface area contributed by atoms with E-state index in [4.69, 9.17) is 0 Å². The highest BCUT2D eigenvalue weighted by atomic mass is 14.9. The highest BCUT2D eigenvalue weighted by Crippen LogP contribution is 2.34. The van der Waals surface area contributed by atoms with E-state index >= 15 is 0 Å². The average molecular weight is 279 g/mol. The Kier molecular flexibility index (Phi) is 4.15. The van der Waals surface area contributed by atoms with Gasteiger partial charge in [0.15, 0.2) is 0 Å².